The van der Waals surface area contributed by atoms with Crippen LogP contribution in [0.15, 0.2) is 70.5 Å². The molecule has 1 aliphatic carbocycles. The maximum Gasteiger partial charge on any atom is 0.0118 e. The van der Waals surface area contributed by atoms with Gasteiger partial charge in [0, 0.05) is 4.90 Å². The van der Waals surface area contributed by atoms with Gasteiger partial charge in [-0.2, -0.15) is 0 Å². The van der Waals surface area contributed by atoms with E-state index in [1.54, 1.807) is 0 Å². The first-order valence-corrected chi connectivity index (χ1v) is 8.67. The van der Waals surface area contributed by atoms with Gasteiger partial charge in [0.15, 0.2) is 0 Å². The minimum atomic E-state index is 0.705. The number of hydrogen-bond acceptors (Lipinski definition) is 1. The van der Waals surface area contributed by atoms with Crippen LogP contribution in [-0.2, 0) is 6.42 Å². The van der Waals surface area contributed by atoms with E-state index in [1.807, 2.05) is 11.8 Å². The molecule has 0 bridgehead atoms. The second-order valence-electron chi connectivity index (χ2n) is 5.65. The molecule has 2 aromatic rings. The van der Waals surface area contributed by atoms with E-state index in [9.17, 15) is 0 Å². The van der Waals surface area contributed by atoms with Gasteiger partial charge in [-0.25, -0.2) is 0 Å². The quantitative estimate of drug-likeness (QED) is 0.647. The van der Waals surface area contributed by atoms with Gasteiger partial charge >= 0.3 is 0 Å². The molecule has 2 aromatic carbocycles. The van der Waals surface area contributed by atoms with E-state index in [4.69, 9.17) is 0 Å². The summed E-state index contributed by atoms with van der Waals surface area (Å²) in [6.45, 7) is 2.21. The first kappa shape index (κ1) is 14.5. The van der Waals surface area contributed by atoms with Crippen LogP contribution in [0.3, 0.4) is 0 Å². The third-order valence-corrected chi connectivity index (χ3v) is 5.36. The van der Waals surface area contributed by atoms with E-state index >= 15 is 0 Å². The second-order valence-corrected chi connectivity index (χ2v) is 6.85. The smallest absolute Gasteiger partial charge is 0.0118 e. The number of allylic oxidation sites excluding steroid dienone is 2. The lowest BCUT2D eigenvalue weighted by Crippen LogP contribution is -2.03. The molecule has 1 aliphatic rings. The Labute approximate surface area is 132 Å². The molecular formula is C20H22S. The average molecular weight is 294 g/mol. The van der Waals surface area contributed by atoms with Crippen LogP contribution < -0.4 is 0 Å². The lowest BCUT2D eigenvalue weighted by Gasteiger charge is -2.22. The van der Waals surface area contributed by atoms with Gasteiger partial charge in [0.25, 0.3) is 0 Å². The van der Waals surface area contributed by atoms with Crippen LogP contribution in [0.4, 0.5) is 0 Å². The molecule has 1 heteroatoms. The summed E-state index contributed by atoms with van der Waals surface area (Å²) in [5, 5.41) is 0. The van der Waals surface area contributed by atoms with Crippen LogP contribution in [-0.4, -0.2) is 0 Å². The summed E-state index contributed by atoms with van der Waals surface area (Å²) in [5.41, 5.74) is 2.94. The monoisotopic (exact) mass is 294 g/mol. The number of rotatable bonds is 4. The first-order valence-electron chi connectivity index (χ1n) is 7.86. The standard InChI is InChI=1S/C20H22S/c1-2-16-8-10-17(11-9-16)18-12-14-20(15-13-18)21-19-6-4-3-5-7-19/h3-11,14,18H,2,12-13,15H2,1H3. The van der Waals surface area contributed by atoms with Gasteiger partial charge in [0.2, 0.25) is 0 Å². The SMILES string of the molecule is CCc1ccc(C2CC=C(Sc3ccccc3)CC2)cc1. The Kier molecular flexibility index (Phi) is 4.82. The van der Waals surface area contributed by atoms with E-state index < -0.39 is 0 Å². The third-order valence-electron chi connectivity index (χ3n) is 4.22. The summed E-state index contributed by atoms with van der Waals surface area (Å²) in [7, 11) is 0. The van der Waals surface area contributed by atoms with E-state index in [0.29, 0.717) is 5.92 Å². The summed E-state index contributed by atoms with van der Waals surface area (Å²) in [6.07, 6.45) is 7.24. The third kappa shape index (κ3) is 3.79. The molecule has 0 fully saturated rings. The molecular weight excluding hydrogens is 272 g/mol. The van der Waals surface area contributed by atoms with Crippen LogP contribution in [0.5, 0.6) is 0 Å². The fourth-order valence-corrected chi connectivity index (χ4v) is 3.87. The molecule has 0 heterocycles. The maximum absolute atomic E-state index is 2.44. The van der Waals surface area contributed by atoms with Gasteiger partial charge in [-0.1, -0.05) is 67.2 Å². The molecule has 108 valence electrons. The van der Waals surface area contributed by atoms with Gasteiger partial charge in [0.1, 0.15) is 0 Å². The topological polar surface area (TPSA) is 0 Å². The Balaban J connectivity index is 1.63. The molecule has 0 spiro atoms. The Morgan fingerprint density at radius 1 is 1.00 bits per heavy atom. The molecule has 0 N–H and O–H groups in total. The van der Waals surface area contributed by atoms with E-state index in [0.717, 1.165) is 6.42 Å². The van der Waals surface area contributed by atoms with Crippen molar-refractivity contribution < 1.29 is 0 Å². The van der Waals surface area contributed by atoms with Crippen LogP contribution in [0.2, 0.25) is 0 Å². The van der Waals surface area contributed by atoms with Crippen molar-refractivity contribution in [1.82, 2.24) is 0 Å². The van der Waals surface area contributed by atoms with E-state index in [-0.39, 0.29) is 0 Å². The highest BCUT2D eigenvalue weighted by atomic mass is 32.2. The Morgan fingerprint density at radius 3 is 2.38 bits per heavy atom. The zero-order valence-corrected chi connectivity index (χ0v) is 13.4. The summed E-state index contributed by atoms with van der Waals surface area (Å²) in [5.74, 6) is 0.705. The van der Waals surface area contributed by atoms with Gasteiger partial charge in [-0.15, -0.1) is 0 Å². The van der Waals surface area contributed by atoms with Crippen molar-refractivity contribution in [2.24, 2.45) is 0 Å². The Bertz CT molecular complexity index is 595. The molecule has 0 aliphatic heterocycles. The highest BCUT2D eigenvalue weighted by molar-refractivity contribution is 8.03. The summed E-state index contributed by atoms with van der Waals surface area (Å²) in [6, 6.07) is 19.9. The molecule has 0 nitrogen and oxygen atoms in total. The molecule has 0 aromatic heterocycles. The molecule has 3 rings (SSSR count). The number of aryl methyl sites for hydroxylation is 1. The molecule has 0 saturated carbocycles. The Hall–Kier alpha value is -1.47. The van der Waals surface area contributed by atoms with Crippen molar-refractivity contribution in [3.05, 3.63) is 76.7 Å². The zero-order valence-electron chi connectivity index (χ0n) is 12.6. The minimum Gasteiger partial charge on any atom is -0.0949 e. The van der Waals surface area contributed by atoms with Crippen LogP contribution in [0.25, 0.3) is 0 Å². The van der Waals surface area contributed by atoms with Gasteiger partial charge in [0.05, 0.1) is 0 Å². The largest absolute Gasteiger partial charge is 0.0949 e. The molecule has 21 heavy (non-hydrogen) atoms. The van der Waals surface area contributed by atoms with Crippen LogP contribution >= 0.6 is 11.8 Å². The van der Waals surface area contributed by atoms with Crippen LogP contribution in [0.1, 0.15) is 43.2 Å². The normalized spacial score (nSPS) is 18.3. The second kappa shape index (κ2) is 7.00. The highest BCUT2D eigenvalue weighted by Crippen LogP contribution is 2.38. The molecule has 1 unspecified atom stereocenters. The average Bonchev–Trinajstić information content (AvgIpc) is 2.57. The highest BCUT2D eigenvalue weighted by Gasteiger charge is 2.16. The fraction of sp³-hybridized carbons (Fsp3) is 0.300. The summed E-state index contributed by atoms with van der Waals surface area (Å²) in [4.78, 5) is 2.89. The molecule has 0 saturated heterocycles. The summed E-state index contributed by atoms with van der Waals surface area (Å²) >= 11 is 1.93. The first-order chi connectivity index (χ1) is 10.3. The number of thioether (sulfide) groups is 1. The molecule has 0 radical (unpaired) electrons. The number of hydrogen-bond donors (Lipinski definition) is 0. The molecule has 0 amide bonds. The number of benzene rings is 2. The van der Waals surface area contributed by atoms with Crippen molar-refractivity contribution in [1.29, 1.82) is 0 Å². The van der Waals surface area contributed by atoms with Crippen molar-refractivity contribution >= 4 is 11.8 Å². The zero-order chi connectivity index (χ0) is 14.5. The van der Waals surface area contributed by atoms with Gasteiger partial charge in [-0.05, 0) is 59.8 Å². The van der Waals surface area contributed by atoms with E-state index in [2.05, 4.69) is 67.6 Å². The van der Waals surface area contributed by atoms with Crippen molar-refractivity contribution in [2.45, 2.75) is 43.4 Å². The fourth-order valence-electron chi connectivity index (χ4n) is 2.87. The summed E-state index contributed by atoms with van der Waals surface area (Å²) < 4.78 is 0. The maximum atomic E-state index is 2.44. The van der Waals surface area contributed by atoms with Crippen LogP contribution in [0, 0.1) is 0 Å². The van der Waals surface area contributed by atoms with Crippen molar-refractivity contribution in [3.63, 3.8) is 0 Å². The lowest BCUT2D eigenvalue weighted by atomic mass is 9.87. The van der Waals surface area contributed by atoms with E-state index in [1.165, 1.54) is 40.2 Å². The van der Waals surface area contributed by atoms with Gasteiger partial charge < -0.3 is 0 Å². The Morgan fingerprint density at radius 2 is 1.76 bits per heavy atom. The molecule has 1 atom stereocenters. The lowest BCUT2D eigenvalue weighted by molar-refractivity contribution is 0.612. The van der Waals surface area contributed by atoms with Crippen molar-refractivity contribution in [3.8, 4) is 0 Å². The van der Waals surface area contributed by atoms with Crippen molar-refractivity contribution in [2.75, 3.05) is 0 Å². The predicted molar refractivity (Wildman–Crippen MR) is 92.8 cm³/mol. The van der Waals surface area contributed by atoms with Gasteiger partial charge in [-0.3, -0.25) is 0 Å². The predicted octanol–water partition coefficient (Wildman–Crippen LogP) is 6.19. The minimum absolute atomic E-state index is 0.705.